The second-order valence-electron chi connectivity index (χ2n) is 12.2. The van der Waals surface area contributed by atoms with E-state index < -0.39 is 11.7 Å². The van der Waals surface area contributed by atoms with Gasteiger partial charge in [0.15, 0.2) is 0 Å². The van der Waals surface area contributed by atoms with Gasteiger partial charge in [-0.3, -0.25) is 4.79 Å². The number of rotatable bonds is 1. The second kappa shape index (κ2) is 6.38. The van der Waals surface area contributed by atoms with Gasteiger partial charge >= 0.3 is 0 Å². The summed E-state index contributed by atoms with van der Waals surface area (Å²) in [6, 6.07) is 7.40. The lowest BCUT2D eigenvalue weighted by Crippen LogP contribution is -2.73. The molecule has 5 unspecified atom stereocenters. The second-order valence-corrected chi connectivity index (χ2v) is 12.2. The number of carbonyl (C=O) groups excluding carboxylic acids is 1. The molecule has 5 aliphatic carbocycles. The molecule has 1 aromatic rings. The molecule has 1 saturated heterocycles. The van der Waals surface area contributed by atoms with Gasteiger partial charge in [-0.25, -0.2) is 0 Å². The van der Waals surface area contributed by atoms with Crippen LogP contribution in [0.4, 0.5) is 5.69 Å². The maximum absolute atomic E-state index is 13.7. The van der Waals surface area contributed by atoms with Crippen molar-refractivity contribution in [3.8, 4) is 0 Å². The molecular weight excluding hydrogens is 400 g/mol. The first-order valence-electron chi connectivity index (χ1n) is 12.3. The number of piperidine rings is 1. The number of benzene rings is 1. The van der Waals surface area contributed by atoms with Crippen LogP contribution in [0.25, 0.3) is 0 Å². The van der Waals surface area contributed by atoms with Gasteiger partial charge in [0.25, 0.3) is 5.91 Å². The zero-order valence-corrected chi connectivity index (χ0v) is 19.3. The summed E-state index contributed by atoms with van der Waals surface area (Å²) in [6.07, 6.45) is 9.66. The molecule has 1 amide bonds. The third-order valence-corrected chi connectivity index (χ3v) is 10.5. The van der Waals surface area contributed by atoms with Crippen molar-refractivity contribution in [2.75, 3.05) is 18.8 Å². The Balaban J connectivity index is 1.44. The van der Waals surface area contributed by atoms with Crippen molar-refractivity contribution < 1.29 is 15.0 Å². The van der Waals surface area contributed by atoms with E-state index in [1.807, 2.05) is 25.1 Å². The lowest BCUT2D eigenvalue weighted by Gasteiger charge is -2.72. The predicted octanol–water partition coefficient (Wildman–Crippen LogP) is 3.62. The number of nitrogens with zero attached hydrogens (tertiary/aromatic N) is 1. The first-order chi connectivity index (χ1) is 15.1. The summed E-state index contributed by atoms with van der Waals surface area (Å²) in [5.74, 6) is 0.864. The van der Waals surface area contributed by atoms with Crippen LogP contribution in [0.1, 0.15) is 62.7 Å². The standard InChI is InChI=1S/C27H36N2O3/c1-24-9-5-10-27(16-29(15-24)23(31)18-6-3-4-7-19(18)28)20(24)13-22(30)26-11-8-17(12-21(26)27)25(2,32)14-26/h3-4,6-8,11,17,20-22,30,32H,5,9-10,12-16,28H2,1-2H3/t17?,20-,21?,22+,24?,25?,26-,27?/m1/s1. The number of para-hydroxylation sites is 1. The number of anilines is 1. The molecule has 4 bridgehead atoms. The van der Waals surface area contributed by atoms with E-state index >= 15 is 0 Å². The number of fused-ring (bicyclic) bond motifs is 1. The van der Waals surface area contributed by atoms with Gasteiger partial charge in [-0.05, 0) is 73.8 Å². The first kappa shape index (κ1) is 20.7. The van der Waals surface area contributed by atoms with Crippen molar-refractivity contribution in [1.82, 2.24) is 4.90 Å². The quantitative estimate of drug-likeness (QED) is 0.464. The smallest absolute Gasteiger partial charge is 0.255 e. The fraction of sp³-hybridized carbons (Fsp3) is 0.667. The lowest BCUT2D eigenvalue weighted by molar-refractivity contribution is -0.252. The first-order valence-corrected chi connectivity index (χ1v) is 12.3. The number of aliphatic hydroxyl groups is 2. The van der Waals surface area contributed by atoms with Crippen LogP contribution < -0.4 is 5.73 Å². The van der Waals surface area contributed by atoms with E-state index in [2.05, 4.69) is 24.0 Å². The topological polar surface area (TPSA) is 86.8 Å². The van der Waals surface area contributed by atoms with Crippen LogP contribution in [0.5, 0.6) is 0 Å². The summed E-state index contributed by atoms with van der Waals surface area (Å²) >= 11 is 0. The van der Waals surface area contributed by atoms with E-state index in [0.29, 0.717) is 29.5 Å². The Morgan fingerprint density at radius 3 is 2.66 bits per heavy atom. The number of nitrogens with two attached hydrogens (primary N) is 1. The minimum atomic E-state index is -0.768. The third kappa shape index (κ3) is 2.50. The van der Waals surface area contributed by atoms with E-state index in [-0.39, 0.29) is 28.1 Å². The number of hydrogen-bond donors (Lipinski definition) is 3. The number of aliphatic hydroxyl groups excluding tert-OH is 1. The van der Waals surface area contributed by atoms with E-state index in [4.69, 9.17) is 5.73 Å². The molecule has 7 rings (SSSR count). The van der Waals surface area contributed by atoms with Crippen molar-refractivity contribution >= 4 is 11.6 Å². The SMILES string of the molecule is CC1(O)C[C@]23C=CC1CC2C12CCCC(C)(CN(C(=O)c4ccccc4N)C1)[C@H]2C[C@@H]3O. The summed E-state index contributed by atoms with van der Waals surface area (Å²) < 4.78 is 0. The van der Waals surface area contributed by atoms with Gasteiger partial charge in [-0.1, -0.05) is 37.6 Å². The van der Waals surface area contributed by atoms with Gasteiger partial charge in [0, 0.05) is 30.1 Å². The van der Waals surface area contributed by atoms with Crippen LogP contribution in [0, 0.1) is 34.0 Å². The monoisotopic (exact) mass is 436 g/mol. The minimum absolute atomic E-state index is 0.00121. The van der Waals surface area contributed by atoms with Crippen LogP contribution in [-0.2, 0) is 0 Å². The fourth-order valence-electron chi connectivity index (χ4n) is 9.17. The summed E-state index contributed by atoms with van der Waals surface area (Å²) in [6.45, 7) is 5.75. The van der Waals surface area contributed by atoms with Gasteiger partial charge in [0.05, 0.1) is 17.3 Å². The molecule has 1 aromatic carbocycles. The number of carbonyl (C=O) groups is 1. The van der Waals surface area contributed by atoms with Gasteiger partial charge < -0.3 is 20.8 Å². The third-order valence-electron chi connectivity index (χ3n) is 10.5. The van der Waals surface area contributed by atoms with Crippen molar-refractivity contribution in [1.29, 1.82) is 0 Å². The van der Waals surface area contributed by atoms with E-state index in [0.717, 1.165) is 38.8 Å². The summed E-state index contributed by atoms with van der Waals surface area (Å²) in [7, 11) is 0. The van der Waals surface area contributed by atoms with Crippen LogP contribution in [0.3, 0.4) is 0 Å². The Kier molecular flexibility index (Phi) is 4.14. The Morgan fingerprint density at radius 2 is 1.91 bits per heavy atom. The normalized spacial score (nSPS) is 48.8. The van der Waals surface area contributed by atoms with Crippen molar-refractivity contribution in [2.45, 2.75) is 64.1 Å². The van der Waals surface area contributed by atoms with Crippen LogP contribution in [0.15, 0.2) is 36.4 Å². The summed E-state index contributed by atoms with van der Waals surface area (Å²) in [5.41, 5.74) is 6.17. The number of amides is 1. The lowest BCUT2D eigenvalue weighted by atomic mass is 9.35. The Morgan fingerprint density at radius 1 is 1.12 bits per heavy atom. The van der Waals surface area contributed by atoms with Gasteiger partial charge in [-0.15, -0.1) is 0 Å². The molecule has 0 aromatic heterocycles. The predicted molar refractivity (Wildman–Crippen MR) is 124 cm³/mol. The molecule has 172 valence electrons. The fourth-order valence-corrected chi connectivity index (χ4v) is 9.17. The zero-order chi connectivity index (χ0) is 22.5. The van der Waals surface area contributed by atoms with Gasteiger partial charge in [-0.2, -0.15) is 0 Å². The highest BCUT2D eigenvalue weighted by Crippen LogP contribution is 2.72. The highest BCUT2D eigenvalue weighted by Gasteiger charge is 2.71. The highest BCUT2D eigenvalue weighted by molar-refractivity contribution is 5.99. The van der Waals surface area contributed by atoms with E-state index in [1.165, 1.54) is 6.42 Å². The van der Waals surface area contributed by atoms with Crippen LogP contribution in [0.2, 0.25) is 0 Å². The molecular formula is C27H36N2O3. The zero-order valence-electron chi connectivity index (χ0n) is 19.3. The average Bonchev–Trinajstić information content (AvgIpc) is 2.73. The molecule has 1 aliphatic heterocycles. The highest BCUT2D eigenvalue weighted by atomic mass is 16.3. The van der Waals surface area contributed by atoms with Crippen molar-refractivity contribution in [3.05, 3.63) is 42.0 Å². The number of nitrogen functional groups attached to an aromatic ring is 1. The number of hydrogen-bond acceptors (Lipinski definition) is 4. The van der Waals surface area contributed by atoms with Gasteiger partial charge in [0.1, 0.15) is 0 Å². The molecule has 8 atom stereocenters. The van der Waals surface area contributed by atoms with E-state index in [1.54, 1.807) is 6.07 Å². The Bertz CT molecular complexity index is 1000. The molecule has 5 nitrogen and oxygen atoms in total. The van der Waals surface area contributed by atoms with Crippen molar-refractivity contribution in [3.63, 3.8) is 0 Å². The number of likely N-dealkylation sites (tertiary alicyclic amines) is 1. The van der Waals surface area contributed by atoms with Crippen LogP contribution >= 0.6 is 0 Å². The van der Waals surface area contributed by atoms with Gasteiger partial charge in [0.2, 0.25) is 0 Å². The largest absolute Gasteiger partial charge is 0.398 e. The molecule has 0 radical (unpaired) electrons. The Hall–Kier alpha value is -1.85. The molecule has 32 heavy (non-hydrogen) atoms. The maximum atomic E-state index is 13.7. The molecule has 4 N–H and O–H groups in total. The molecule has 3 saturated carbocycles. The Labute approximate surface area is 190 Å². The minimum Gasteiger partial charge on any atom is -0.398 e. The van der Waals surface area contributed by atoms with E-state index in [9.17, 15) is 15.0 Å². The molecule has 4 fully saturated rings. The van der Waals surface area contributed by atoms with Crippen LogP contribution in [-0.4, -0.2) is 45.8 Å². The summed E-state index contributed by atoms with van der Waals surface area (Å²) in [4.78, 5) is 15.8. The van der Waals surface area contributed by atoms with Crippen molar-refractivity contribution in [2.24, 2.45) is 34.0 Å². The maximum Gasteiger partial charge on any atom is 0.255 e. The molecule has 6 aliphatic rings. The molecule has 5 heteroatoms. The summed E-state index contributed by atoms with van der Waals surface area (Å²) in [5, 5.41) is 22.7. The molecule has 1 spiro atoms. The average molecular weight is 437 g/mol. The molecule has 1 heterocycles.